The Morgan fingerprint density at radius 1 is 1.03 bits per heavy atom. The number of aromatic nitrogens is 1. The van der Waals surface area contributed by atoms with Crippen molar-refractivity contribution in [3.8, 4) is 11.5 Å². The zero-order chi connectivity index (χ0) is 20.4. The van der Waals surface area contributed by atoms with Crippen molar-refractivity contribution in [2.24, 2.45) is 0 Å². The molecule has 4 aromatic rings. The second kappa shape index (κ2) is 7.81. The Morgan fingerprint density at radius 2 is 1.79 bits per heavy atom. The number of rotatable bonds is 3. The van der Waals surface area contributed by atoms with Gasteiger partial charge in [0.05, 0.1) is 5.56 Å². The second-order valence-corrected chi connectivity index (χ2v) is 6.76. The maximum atomic E-state index is 13.8. The number of para-hydroxylation sites is 2. The summed E-state index contributed by atoms with van der Waals surface area (Å²) in [5.74, 6) is -0.732. The van der Waals surface area contributed by atoms with Crippen molar-refractivity contribution >= 4 is 40.0 Å². The molecule has 4 rings (SSSR count). The molecule has 1 amide bonds. The highest BCUT2D eigenvalue weighted by Gasteiger charge is 2.15. The first-order chi connectivity index (χ1) is 14.0. The number of halogens is 1. The van der Waals surface area contributed by atoms with Crippen molar-refractivity contribution in [1.82, 2.24) is 10.3 Å². The smallest absolute Gasteiger partial charge is 0.260 e. The predicted octanol–water partition coefficient (Wildman–Crippen LogP) is 5.07. The molecule has 0 aliphatic rings. The lowest BCUT2D eigenvalue weighted by Gasteiger charge is -2.13. The lowest BCUT2D eigenvalue weighted by Crippen LogP contribution is -2.34. The van der Waals surface area contributed by atoms with E-state index >= 15 is 0 Å². The fourth-order valence-electron chi connectivity index (χ4n) is 2.96. The molecule has 144 valence electrons. The molecule has 0 saturated heterocycles. The van der Waals surface area contributed by atoms with E-state index in [1.807, 2.05) is 49.4 Å². The molecule has 0 aliphatic heterocycles. The van der Waals surface area contributed by atoms with Crippen LogP contribution in [0.1, 0.15) is 15.9 Å². The summed E-state index contributed by atoms with van der Waals surface area (Å²) in [7, 11) is 0. The Hall–Kier alpha value is -3.58. The van der Waals surface area contributed by atoms with Gasteiger partial charge < -0.3 is 9.73 Å². The van der Waals surface area contributed by atoms with Crippen molar-refractivity contribution in [1.29, 1.82) is 0 Å². The van der Waals surface area contributed by atoms with Gasteiger partial charge in [-0.05, 0) is 61.1 Å². The SMILES string of the molecule is Cc1c(NC(=S)NC(=O)c2ccccc2F)cccc1-c1nc2ccccc2o1. The lowest BCUT2D eigenvalue weighted by atomic mass is 10.1. The van der Waals surface area contributed by atoms with Crippen LogP contribution in [0, 0.1) is 12.7 Å². The number of amides is 1. The number of oxazole rings is 1. The van der Waals surface area contributed by atoms with E-state index in [4.69, 9.17) is 16.6 Å². The third-order valence-corrected chi connectivity index (χ3v) is 4.66. The number of carbonyl (C=O) groups is 1. The summed E-state index contributed by atoms with van der Waals surface area (Å²) in [6, 6.07) is 18.8. The highest BCUT2D eigenvalue weighted by Crippen LogP contribution is 2.30. The van der Waals surface area contributed by atoms with Crippen molar-refractivity contribution < 1.29 is 13.6 Å². The molecule has 3 aromatic carbocycles. The predicted molar refractivity (Wildman–Crippen MR) is 114 cm³/mol. The molecule has 0 saturated carbocycles. The first kappa shape index (κ1) is 18.8. The highest BCUT2D eigenvalue weighted by atomic mass is 32.1. The fourth-order valence-corrected chi connectivity index (χ4v) is 3.16. The van der Waals surface area contributed by atoms with Crippen molar-refractivity contribution in [2.75, 3.05) is 5.32 Å². The van der Waals surface area contributed by atoms with E-state index in [9.17, 15) is 9.18 Å². The summed E-state index contributed by atoms with van der Waals surface area (Å²) in [5.41, 5.74) is 3.73. The van der Waals surface area contributed by atoms with Gasteiger partial charge in [0.15, 0.2) is 10.7 Å². The maximum absolute atomic E-state index is 13.8. The minimum absolute atomic E-state index is 0.0658. The van der Waals surface area contributed by atoms with Gasteiger partial charge in [0.25, 0.3) is 5.91 Å². The zero-order valence-corrected chi connectivity index (χ0v) is 16.2. The van der Waals surface area contributed by atoms with Crippen LogP contribution in [0.5, 0.6) is 0 Å². The molecule has 2 N–H and O–H groups in total. The maximum Gasteiger partial charge on any atom is 0.260 e. The Balaban J connectivity index is 1.55. The number of nitrogens with zero attached hydrogens (tertiary/aromatic N) is 1. The highest BCUT2D eigenvalue weighted by molar-refractivity contribution is 7.80. The van der Waals surface area contributed by atoms with Gasteiger partial charge in [-0.15, -0.1) is 0 Å². The number of hydrogen-bond donors (Lipinski definition) is 2. The van der Waals surface area contributed by atoms with E-state index in [-0.39, 0.29) is 10.7 Å². The molecule has 0 atom stereocenters. The largest absolute Gasteiger partial charge is 0.436 e. The van der Waals surface area contributed by atoms with Crippen molar-refractivity contribution in [2.45, 2.75) is 6.92 Å². The van der Waals surface area contributed by atoms with Gasteiger partial charge in [0.2, 0.25) is 5.89 Å². The number of fused-ring (bicyclic) bond motifs is 1. The van der Waals surface area contributed by atoms with Gasteiger partial charge in [0.1, 0.15) is 11.3 Å². The van der Waals surface area contributed by atoms with Crippen LogP contribution in [0.3, 0.4) is 0 Å². The first-order valence-electron chi connectivity index (χ1n) is 8.85. The quantitative estimate of drug-likeness (QED) is 0.466. The average Bonchev–Trinajstić information content (AvgIpc) is 3.13. The lowest BCUT2D eigenvalue weighted by molar-refractivity contribution is 0.0974. The molecule has 0 spiro atoms. The van der Waals surface area contributed by atoms with E-state index < -0.39 is 11.7 Å². The van der Waals surface area contributed by atoms with Crippen LogP contribution >= 0.6 is 12.2 Å². The average molecular weight is 405 g/mol. The number of anilines is 1. The molecular weight excluding hydrogens is 389 g/mol. The summed E-state index contributed by atoms with van der Waals surface area (Å²) in [6.07, 6.45) is 0. The minimum Gasteiger partial charge on any atom is -0.436 e. The van der Waals surface area contributed by atoms with Crippen molar-refractivity contribution in [3.63, 3.8) is 0 Å². The van der Waals surface area contributed by atoms with Crippen LogP contribution in [0.4, 0.5) is 10.1 Å². The van der Waals surface area contributed by atoms with Crippen LogP contribution in [0.2, 0.25) is 0 Å². The Bertz CT molecular complexity index is 1200. The summed E-state index contributed by atoms with van der Waals surface area (Å²) in [4.78, 5) is 16.8. The van der Waals surface area contributed by atoms with Gasteiger partial charge in [-0.2, -0.15) is 0 Å². The number of benzene rings is 3. The van der Waals surface area contributed by atoms with E-state index in [0.29, 0.717) is 17.2 Å². The van der Waals surface area contributed by atoms with Gasteiger partial charge in [-0.3, -0.25) is 10.1 Å². The molecule has 0 bridgehead atoms. The zero-order valence-electron chi connectivity index (χ0n) is 15.4. The molecule has 0 unspecified atom stereocenters. The van der Waals surface area contributed by atoms with Gasteiger partial charge in [-0.25, -0.2) is 9.37 Å². The monoisotopic (exact) mass is 405 g/mol. The van der Waals surface area contributed by atoms with Crippen molar-refractivity contribution in [3.05, 3.63) is 83.7 Å². The van der Waals surface area contributed by atoms with E-state index in [1.54, 1.807) is 6.07 Å². The third-order valence-electron chi connectivity index (χ3n) is 4.45. The standard InChI is InChI=1S/C22H16FN3O2S/c1-13-14(21-24-18-10-4-5-12-19(18)28-21)8-6-11-17(13)25-22(29)26-20(27)15-7-2-3-9-16(15)23/h2-12H,1H3,(H2,25,26,27,29). The summed E-state index contributed by atoms with van der Waals surface area (Å²) in [5, 5.41) is 5.54. The first-order valence-corrected chi connectivity index (χ1v) is 9.26. The molecule has 5 nitrogen and oxygen atoms in total. The Kier molecular flexibility index (Phi) is 5.05. The normalized spacial score (nSPS) is 10.7. The Morgan fingerprint density at radius 3 is 2.59 bits per heavy atom. The minimum atomic E-state index is -0.617. The van der Waals surface area contributed by atoms with E-state index in [2.05, 4.69) is 15.6 Å². The van der Waals surface area contributed by atoms with Crippen LogP contribution in [0.15, 0.2) is 71.1 Å². The molecule has 0 aliphatic carbocycles. The molecule has 1 aromatic heterocycles. The number of carbonyl (C=O) groups excluding carboxylic acids is 1. The van der Waals surface area contributed by atoms with Gasteiger partial charge in [0, 0.05) is 11.3 Å². The van der Waals surface area contributed by atoms with Crippen LogP contribution in [-0.4, -0.2) is 16.0 Å². The van der Waals surface area contributed by atoms with Crippen LogP contribution in [-0.2, 0) is 0 Å². The van der Waals surface area contributed by atoms with Crippen LogP contribution < -0.4 is 10.6 Å². The fraction of sp³-hybridized carbons (Fsp3) is 0.0455. The number of thiocarbonyl (C=S) groups is 1. The summed E-state index contributed by atoms with van der Waals surface area (Å²) < 4.78 is 19.6. The van der Waals surface area contributed by atoms with Gasteiger partial charge in [-0.1, -0.05) is 30.3 Å². The molecule has 1 heterocycles. The summed E-state index contributed by atoms with van der Waals surface area (Å²) in [6.45, 7) is 1.90. The van der Waals surface area contributed by atoms with Gasteiger partial charge >= 0.3 is 0 Å². The topological polar surface area (TPSA) is 67.2 Å². The number of nitrogens with one attached hydrogen (secondary N) is 2. The number of hydrogen-bond acceptors (Lipinski definition) is 4. The molecule has 0 fully saturated rings. The van der Waals surface area contributed by atoms with E-state index in [1.165, 1.54) is 18.2 Å². The molecular formula is C22H16FN3O2S. The Labute approximate surface area is 171 Å². The molecule has 0 radical (unpaired) electrons. The van der Waals surface area contributed by atoms with E-state index in [0.717, 1.165) is 16.6 Å². The third kappa shape index (κ3) is 3.86. The second-order valence-electron chi connectivity index (χ2n) is 6.35. The van der Waals surface area contributed by atoms with Crippen LogP contribution in [0.25, 0.3) is 22.6 Å². The summed E-state index contributed by atoms with van der Waals surface area (Å²) >= 11 is 5.22. The molecule has 7 heteroatoms. The molecule has 29 heavy (non-hydrogen) atoms.